The molecule has 1 saturated carbocycles. The van der Waals surface area contributed by atoms with Crippen molar-refractivity contribution >= 4 is 23.3 Å². The first-order valence-electron chi connectivity index (χ1n) is 8.51. The van der Waals surface area contributed by atoms with Gasteiger partial charge in [0.1, 0.15) is 6.79 Å². The molecule has 2 amide bonds. The minimum atomic E-state index is -4.72. The second kappa shape index (κ2) is 7.69. The first kappa shape index (κ1) is 20.0. The standard InChI is InChI=1S/C18H20ClF3N2O3/c1-26-10-27-7-5-12-8-15-13(9-14(12)19)17(18(20,21)22,24-16(25)23-15)6-4-11-2-3-11/h4,6,8-9,11H,2-3,5,7,10H2,1H3,(H2,23,24,25)/b6-4+/t17-/m0/s1. The third kappa shape index (κ3) is 4.23. The second-order valence-electron chi connectivity index (χ2n) is 6.64. The van der Waals surface area contributed by atoms with Crippen LogP contribution in [0.2, 0.25) is 5.02 Å². The summed E-state index contributed by atoms with van der Waals surface area (Å²) in [5.74, 6) is 0.118. The maximum atomic E-state index is 14.1. The number of alkyl halides is 3. The zero-order valence-corrected chi connectivity index (χ0v) is 15.4. The molecular weight excluding hydrogens is 385 g/mol. The molecule has 1 fully saturated rings. The molecule has 3 rings (SSSR count). The number of halogens is 4. The molecule has 1 aromatic rings. The first-order chi connectivity index (χ1) is 12.8. The van der Waals surface area contributed by atoms with Crippen molar-refractivity contribution in [2.24, 2.45) is 5.92 Å². The molecule has 0 saturated heterocycles. The smallest absolute Gasteiger partial charge is 0.359 e. The van der Waals surface area contributed by atoms with Gasteiger partial charge in [-0.3, -0.25) is 0 Å². The van der Waals surface area contributed by atoms with Crippen LogP contribution in [-0.2, 0) is 21.4 Å². The summed E-state index contributed by atoms with van der Waals surface area (Å²) >= 11 is 6.24. The molecule has 0 spiro atoms. The minimum Gasteiger partial charge on any atom is -0.359 e. The summed E-state index contributed by atoms with van der Waals surface area (Å²) in [6, 6.07) is 1.82. The van der Waals surface area contributed by atoms with Crippen LogP contribution in [0.4, 0.5) is 23.7 Å². The summed E-state index contributed by atoms with van der Waals surface area (Å²) in [4.78, 5) is 12.0. The van der Waals surface area contributed by atoms with Gasteiger partial charge in [-0.25, -0.2) is 4.79 Å². The molecule has 1 aliphatic carbocycles. The number of carbonyl (C=O) groups is 1. The molecule has 1 aliphatic heterocycles. The molecule has 148 valence electrons. The van der Waals surface area contributed by atoms with E-state index in [1.807, 2.05) is 0 Å². The maximum Gasteiger partial charge on any atom is 0.419 e. The molecule has 2 aliphatic rings. The van der Waals surface area contributed by atoms with Gasteiger partial charge in [0.2, 0.25) is 0 Å². The van der Waals surface area contributed by atoms with Crippen molar-refractivity contribution in [2.45, 2.75) is 31.0 Å². The summed E-state index contributed by atoms with van der Waals surface area (Å²) in [6.07, 6.45) is -0.0917. The van der Waals surface area contributed by atoms with Gasteiger partial charge in [0.15, 0.2) is 5.54 Å². The number of anilines is 1. The van der Waals surface area contributed by atoms with Crippen LogP contribution in [0.15, 0.2) is 24.3 Å². The predicted molar refractivity (Wildman–Crippen MR) is 94.7 cm³/mol. The Morgan fingerprint density at radius 3 is 2.74 bits per heavy atom. The van der Waals surface area contributed by atoms with Crippen molar-refractivity contribution in [3.63, 3.8) is 0 Å². The quantitative estimate of drug-likeness (QED) is 0.403. The number of rotatable bonds is 7. The molecule has 1 atom stereocenters. The molecule has 9 heteroatoms. The van der Waals surface area contributed by atoms with Crippen LogP contribution in [-0.4, -0.2) is 32.7 Å². The predicted octanol–water partition coefficient (Wildman–Crippen LogP) is 4.36. The summed E-state index contributed by atoms with van der Waals surface area (Å²) in [6.45, 7) is 0.386. The van der Waals surface area contributed by atoms with Crippen LogP contribution in [0, 0.1) is 5.92 Å². The number of fused-ring (bicyclic) bond motifs is 1. The van der Waals surface area contributed by atoms with E-state index in [0.29, 0.717) is 12.0 Å². The average molecular weight is 405 g/mol. The third-order valence-electron chi connectivity index (χ3n) is 4.57. The fraction of sp³-hybridized carbons (Fsp3) is 0.500. The van der Waals surface area contributed by atoms with Crippen molar-refractivity contribution in [1.82, 2.24) is 5.32 Å². The van der Waals surface area contributed by atoms with Gasteiger partial charge in [0, 0.05) is 23.4 Å². The number of hydrogen-bond acceptors (Lipinski definition) is 3. The van der Waals surface area contributed by atoms with Gasteiger partial charge in [0.05, 0.1) is 6.61 Å². The Morgan fingerprint density at radius 1 is 1.37 bits per heavy atom. The van der Waals surface area contributed by atoms with E-state index >= 15 is 0 Å². The van der Waals surface area contributed by atoms with E-state index in [1.54, 1.807) is 0 Å². The number of benzene rings is 1. The van der Waals surface area contributed by atoms with Crippen LogP contribution < -0.4 is 10.6 Å². The molecule has 0 bridgehead atoms. The number of ether oxygens (including phenoxy) is 2. The number of methoxy groups -OCH3 is 1. The van der Waals surface area contributed by atoms with Crippen LogP contribution in [0.1, 0.15) is 24.0 Å². The Balaban J connectivity index is 1.99. The summed E-state index contributed by atoms with van der Waals surface area (Å²) in [5, 5.41) is 4.69. The number of carbonyl (C=O) groups excluding carboxylic acids is 1. The number of nitrogens with one attached hydrogen (secondary N) is 2. The minimum absolute atomic E-state index is 0.0858. The van der Waals surface area contributed by atoms with Gasteiger partial charge in [-0.1, -0.05) is 17.7 Å². The van der Waals surface area contributed by atoms with Crippen LogP contribution in [0.25, 0.3) is 0 Å². The Labute approximate surface area is 159 Å². The average Bonchev–Trinajstić information content (AvgIpc) is 3.41. The molecule has 0 unspecified atom stereocenters. The normalized spacial score (nSPS) is 22.5. The Kier molecular flexibility index (Phi) is 5.69. The van der Waals surface area contributed by atoms with Gasteiger partial charge in [-0.2, -0.15) is 13.2 Å². The largest absolute Gasteiger partial charge is 0.419 e. The Bertz CT molecular complexity index is 750. The van der Waals surface area contributed by atoms with E-state index < -0.39 is 17.7 Å². The van der Waals surface area contributed by atoms with E-state index in [4.69, 9.17) is 21.1 Å². The first-order valence-corrected chi connectivity index (χ1v) is 8.89. The van der Waals surface area contributed by atoms with Gasteiger partial charge in [-0.05, 0) is 49.0 Å². The molecule has 1 aromatic carbocycles. The third-order valence-corrected chi connectivity index (χ3v) is 4.93. The molecule has 1 heterocycles. The lowest BCUT2D eigenvalue weighted by Gasteiger charge is -2.39. The summed E-state index contributed by atoms with van der Waals surface area (Å²) in [7, 11) is 1.49. The van der Waals surface area contributed by atoms with E-state index in [9.17, 15) is 18.0 Å². The van der Waals surface area contributed by atoms with Crippen LogP contribution in [0.5, 0.6) is 0 Å². The van der Waals surface area contributed by atoms with E-state index in [2.05, 4.69) is 10.6 Å². The molecule has 5 nitrogen and oxygen atoms in total. The number of urea groups is 1. The molecule has 0 aromatic heterocycles. The maximum absolute atomic E-state index is 14.1. The number of allylic oxidation sites excluding steroid dienone is 1. The van der Waals surface area contributed by atoms with Crippen LogP contribution >= 0.6 is 11.6 Å². The summed E-state index contributed by atoms with van der Waals surface area (Å²) in [5.41, 5.74) is -2.07. The topological polar surface area (TPSA) is 59.6 Å². The van der Waals surface area contributed by atoms with E-state index in [1.165, 1.54) is 25.3 Å². The Hall–Kier alpha value is -1.77. The SMILES string of the molecule is COCOCCc1cc2c(cc1Cl)[C@@](/C=C/C1CC1)(C(F)(F)F)NC(=O)N2. The zero-order valence-electron chi connectivity index (χ0n) is 14.7. The molecule has 27 heavy (non-hydrogen) atoms. The highest BCUT2D eigenvalue weighted by molar-refractivity contribution is 6.31. The lowest BCUT2D eigenvalue weighted by Crippen LogP contribution is -2.59. The van der Waals surface area contributed by atoms with Gasteiger partial charge < -0.3 is 20.1 Å². The Morgan fingerprint density at radius 2 is 2.11 bits per heavy atom. The van der Waals surface area contributed by atoms with Crippen molar-refractivity contribution in [3.05, 3.63) is 40.4 Å². The van der Waals surface area contributed by atoms with Crippen molar-refractivity contribution in [3.8, 4) is 0 Å². The highest BCUT2D eigenvalue weighted by Crippen LogP contribution is 2.47. The van der Waals surface area contributed by atoms with E-state index in [0.717, 1.165) is 18.9 Å². The fourth-order valence-electron chi connectivity index (χ4n) is 2.98. The fourth-order valence-corrected chi connectivity index (χ4v) is 3.24. The lowest BCUT2D eigenvalue weighted by molar-refractivity contribution is -0.181. The van der Waals surface area contributed by atoms with Crippen LogP contribution in [0.3, 0.4) is 0 Å². The second-order valence-corrected chi connectivity index (χ2v) is 7.04. The number of hydrogen-bond donors (Lipinski definition) is 2. The van der Waals surface area contributed by atoms with Crippen molar-refractivity contribution < 1.29 is 27.4 Å². The summed E-state index contributed by atoms with van der Waals surface area (Å²) < 4.78 is 52.2. The van der Waals surface area contributed by atoms with Gasteiger partial charge in [-0.15, -0.1) is 0 Å². The number of amides is 2. The monoisotopic (exact) mass is 404 g/mol. The zero-order chi connectivity index (χ0) is 19.7. The van der Waals surface area contributed by atoms with Crippen molar-refractivity contribution in [1.29, 1.82) is 0 Å². The highest BCUT2D eigenvalue weighted by Gasteiger charge is 2.58. The highest BCUT2D eigenvalue weighted by atomic mass is 35.5. The van der Waals surface area contributed by atoms with E-state index in [-0.39, 0.29) is 35.6 Å². The molecular formula is C18H20ClF3N2O3. The molecule has 2 N–H and O–H groups in total. The lowest BCUT2D eigenvalue weighted by atomic mass is 9.84. The van der Waals surface area contributed by atoms with Crippen molar-refractivity contribution in [2.75, 3.05) is 25.8 Å². The van der Waals surface area contributed by atoms with Gasteiger partial charge in [0.25, 0.3) is 0 Å². The van der Waals surface area contributed by atoms with Gasteiger partial charge >= 0.3 is 12.2 Å². The molecule has 0 radical (unpaired) electrons.